The first-order valence-corrected chi connectivity index (χ1v) is 5.20. The van der Waals surface area contributed by atoms with Crippen LogP contribution in [0.1, 0.15) is 6.42 Å². The van der Waals surface area contributed by atoms with Gasteiger partial charge in [-0.2, -0.15) is 0 Å². The molecule has 15 heavy (non-hydrogen) atoms. The molecule has 4 nitrogen and oxygen atoms in total. The number of nitrogens with zero attached hydrogens (tertiary/aromatic N) is 2. The second-order valence-electron chi connectivity index (χ2n) is 3.64. The minimum Gasteiger partial charge on any atom is -0.330 e. The van der Waals surface area contributed by atoms with Crippen LogP contribution in [0.5, 0.6) is 0 Å². The summed E-state index contributed by atoms with van der Waals surface area (Å²) < 4.78 is 0. The molecule has 2 N–H and O–H groups in total. The van der Waals surface area contributed by atoms with Gasteiger partial charge in [0, 0.05) is 19.2 Å². The summed E-state index contributed by atoms with van der Waals surface area (Å²) in [4.78, 5) is 17.3. The zero-order valence-electron chi connectivity index (χ0n) is 8.19. The number of amides is 1. The Morgan fingerprint density at radius 1 is 1.67 bits per heavy atom. The van der Waals surface area contributed by atoms with Crippen LogP contribution in [0, 0.1) is 5.92 Å². The van der Waals surface area contributed by atoms with Gasteiger partial charge < -0.3 is 10.6 Å². The second-order valence-corrected chi connectivity index (χ2v) is 4.04. The Kier molecular flexibility index (Phi) is 2.88. The molecular formula is C10H12ClN3O. The van der Waals surface area contributed by atoms with Crippen LogP contribution in [0.2, 0.25) is 5.02 Å². The standard InChI is InChI=1S/C10H12ClN3O/c11-8-1-2-13-5-9(8)14-6-7(4-12)3-10(14)15/h1-2,5,7H,3-4,6,12H2. The molecule has 0 spiro atoms. The molecule has 80 valence electrons. The Morgan fingerprint density at radius 2 is 2.47 bits per heavy atom. The third kappa shape index (κ3) is 1.96. The van der Waals surface area contributed by atoms with Crippen LogP contribution in [0.25, 0.3) is 0 Å². The summed E-state index contributed by atoms with van der Waals surface area (Å²) in [6.45, 7) is 1.17. The number of anilines is 1. The van der Waals surface area contributed by atoms with Gasteiger partial charge in [0.1, 0.15) is 0 Å². The average molecular weight is 226 g/mol. The molecule has 1 aliphatic heterocycles. The van der Waals surface area contributed by atoms with Gasteiger partial charge in [0.25, 0.3) is 0 Å². The van der Waals surface area contributed by atoms with Crippen molar-refractivity contribution >= 4 is 23.2 Å². The van der Waals surface area contributed by atoms with E-state index in [1.54, 1.807) is 23.4 Å². The molecule has 0 bridgehead atoms. The van der Waals surface area contributed by atoms with E-state index >= 15 is 0 Å². The summed E-state index contributed by atoms with van der Waals surface area (Å²) in [7, 11) is 0. The summed E-state index contributed by atoms with van der Waals surface area (Å²) in [5.74, 6) is 0.300. The number of hydrogen-bond acceptors (Lipinski definition) is 3. The third-order valence-corrected chi connectivity index (χ3v) is 2.90. The van der Waals surface area contributed by atoms with Gasteiger partial charge in [-0.3, -0.25) is 9.78 Å². The first-order chi connectivity index (χ1) is 7.22. The molecule has 1 amide bonds. The second kappa shape index (κ2) is 4.16. The van der Waals surface area contributed by atoms with E-state index in [9.17, 15) is 4.79 Å². The molecule has 1 aliphatic rings. The molecule has 1 saturated heterocycles. The highest BCUT2D eigenvalue weighted by molar-refractivity contribution is 6.33. The van der Waals surface area contributed by atoms with Crippen molar-refractivity contribution < 1.29 is 4.79 Å². The third-order valence-electron chi connectivity index (χ3n) is 2.58. The van der Waals surface area contributed by atoms with E-state index in [1.165, 1.54) is 0 Å². The Hall–Kier alpha value is -1.13. The van der Waals surface area contributed by atoms with Crippen LogP contribution in [-0.2, 0) is 4.79 Å². The molecule has 1 unspecified atom stereocenters. The van der Waals surface area contributed by atoms with Crippen LogP contribution < -0.4 is 10.6 Å². The molecule has 0 radical (unpaired) electrons. The molecule has 1 fully saturated rings. The Labute approximate surface area is 93.0 Å². The highest BCUT2D eigenvalue weighted by Crippen LogP contribution is 2.29. The van der Waals surface area contributed by atoms with Gasteiger partial charge in [0.15, 0.2) is 0 Å². The van der Waals surface area contributed by atoms with Gasteiger partial charge >= 0.3 is 0 Å². The first-order valence-electron chi connectivity index (χ1n) is 4.82. The first kappa shape index (κ1) is 10.4. The molecule has 0 aliphatic carbocycles. The Bertz CT molecular complexity index is 383. The number of nitrogens with two attached hydrogens (primary N) is 1. The van der Waals surface area contributed by atoms with Gasteiger partial charge in [-0.15, -0.1) is 0 Å². The number of rotatable bonds is 2. The molecule has 1 atom stereocenters. The van der Waals surface area contributed by atoms with Crippen molar-refractivity contribution in [3.05, 3.63) is 23.5 Å². The zero-order chi connectivity index (χ0) is 10.8. The zero-order valence-corrected chi connectivity index (χ0v) is 8.94. The lowest BCUT2D eigenvalue weighted by Gasteiger charge is -2.17. The normalized spacial score (nSPS) is 21.1. The predicted octanol–water partition coefficient (Wildman–Crippen LogP) is 1.05. The van der Waals surface area contributed by atoms with Crippen molar-refractivity contribution in [2.45, 2.75) is 6.42 Å². The highest BCUT2D eigenvalue weighted by atomic mass is 35.5. The van der Waals surface area contributed by atoms with E-state index in [1.807, 2.05) is 0 Å². The van der Waals surface area contributed by atoms with Gasteiger partial charge in [-0.05, 0) is 18.5 Å². The molecule has 1 aromatic rings. The Balaban J connectivity index is 2.25. The minimum absolute atomic E-state index is 0.0698. The van der Waals surface area contributed by atoms with E-state index < -0.39 is 0 Å². The maximum absolute atomic E-state index is 11.7. The smallest absolute Gasteiger partial charge is 0.227 e. The van der Waals surface area contributed by atoms with E-state index in [0.29, 0.717) is 30.2 Å². The summed E-state index contributed by atoms with van der Waals surface area (Å²) >= 11 is 6.00. The van der Waals surface area contributed by atoms with Gasteiger partial charge in [-0.1, -0.05) is 11.6 Å². The van der Waals surface area contributed by atoms with Crippen LogP contribution in [0.15, 0.2) is 18.5 Å². The maximum atomic E-state index is 11.7. The van der Waals surface area contributed by atoms with Gasteiger partial charge in [-0.25, -0.2) is 0 Å². The van der Waals surface area contributed by atoms with Crippen molar-refractivity contribution in [2.75, 3.05) is 18.0 Å². The van der Waals surface area contributed by atoms with Crippen molar-refractivity contribution in [3.63, 3.8) is 0 Å². The van der Waals surface area contributed by atoms with E-state index in [-0.39, 0.29) is 11.8 Å². The molecule has 2 rings (SSSR count). The minimum atomic E-state index is 0.0698. The lowest BCUT2D eigenvalue weighted by molar-refractivity contribution is -0.117. The van der Waals surface area contributed by atoms with E-state index in [2.05, 4.69) is 4.98 Å². The number of carbonyl (C=O) groups excluding carboxylic acids is 1. The molecule has 5 heteroatoms. The van der Waals surface area contributed by atoms with Crippen LogP contribution in [0.4, 0.5) is 5.69 Å². The Morgan fingerprint density at radius 3 is 3.07 bits per heavy atom. The lowest BCUT2D eigenvalue weighted by Crippen LogP contribution is -2.26. The van der Waals surface area contributed by atoms with Crippen LogP contribution >= 0.6 is 11.6 Å². The number of aromatic nitrogens is 1. The van der Waals surface area contributed by atoms with Crippen molar-refractivity contribution in [1.29, 1.82) is 0 Å². The monoisotopic (exact) mass is 225 g/mol. The average Bonchev–Trinajstić information content (AvgIpc) is 2.60. The molecular weight excluding hydrogens is 214 g/mol. The van der Waals surface area contributed by atoms with Crippen molar-refractivity contribution in [2.24, 2.45) is 11.7 Å². The van der Waals surface area contributed by atoms with Crippen molar-refractivity contribution in [3.8, 4) is 0 Å². The molecule has 0 saturated carbocycles. The summed E-state index contributed by atoms with van der Waals surface area (Å²) in [5, 5.41) is 0.552. The van der Waals surface area contributed by atoms with Crippen LogP contribution in [0.3, 0.4) is 0 Å². The summed E-state index contributed by atoms with van der Waals surface area (Å²) in [6.07, 6.45) is 3.72. The quantitative estimate of drug-likeness (QED) is 0.819. The summed E-state index contributed by atoms with van der Waals surface area (Å²) in [5.41, 5.74) is 6.23. The highest BCUT2D eigenvalue weighted by Gasteiger charge is 2.30. The van der Waals surface area contributed by atoms with Crippen LogP contribution in [-0.4, -0.2) is 24.0 Å². The number of hydrogen-bond donors (Lipinski definition) is 1. The fourth-order valence-electron chi connectivity index (χ4n) is 1.74. The molecule has 0 aromatic carbocycles. The number of pyridine rings is 1. The number of halogens is 1. The van der Waals surface area contributed by atoms with E-state index in [0.717, 1.165) is 0 Å². The van der Waals surface area contributed by atoms with Gasteiger partial charge in [0.2, 0.25) is 5.91 Å². The summed E-state index contributed by atoms with van der Waals surface area (Å²) in [6, 6.07) is 1.68. The molecule has 2 heterocycles. The van der Waals surface area contributed by atoms with Crippen molar-refractivity contribution in [1.82, 2.24) is 4.98 Å². The largest absolute Gasteiger partial charge is 0.330 e. The number of carbonyl (C=O) groups is 1. The van der Waals surface area contributed by atoms with Gasteiger partial charge in [0.05, 0.1) is 16.9 Å². The SMILES string of the molecule is NCC1CC(=O)N(c2cnccc2Cl)C1. The van der Waals surface area contributed by atoms with E-state index in [4.69, 9.17) is 17.3 Å². The lowest BCUT2D eigenvalue weighted by atomic mass is 10.1. The fraction of sp³-hybridized carbons (Fsp3) is 0.400. The predicted molar refractivity (Wildman–Crippen MR) is 58.8 cm³/mol. The maximum Gasteiger partial charge on any atom is 0.227 e. The topological polar surface area (TPSA) is 59.2 Å². The molecule has 1 aromatic heterocycles. The fourth-order valence-corrected chi connectivity index (χ4v) is 1.95.